The van der Waals surface area contributed by atoms with Gasteiger partial charge in [0.05, 0.1) is 33.8 Å². The van der Waals surface area contributed by atoms with E-state index in [4.69, 9.17) is 13.8 Å². The van der Waals surface area contributed by atoms with Gasteiger partial charge in [-0.25, -0.2) is 4.57 Å². The monoisotopic (exact) mass is 1080 g/mol. The molecule has 9 nitrogen and oxygen atoms in total. The summed E-state index contributed by atoms with van der Waals surface area (Å²) in [5.41, 5.74) is 0. The van der Waals surface area contributed by atoms with E-state index in [1.807, 2.05) is 33.3 Å². The fraction of sp³-hybridized carbons (Fsp3) is 0.697. The summed E-state index contributed by atoms with van der Waals surface area (Å²) in [6, 6.07) is -0.874. The quantitative estimate of drug-likeness (QED) is 0.0156. The smallest absolute Gasteiger partial charge is 0.456 e. The van der Waals surface area contributed by atoms with Crippen LogP contribution in [0.4, 0.5) is 0 Å². The molecule has 76 heavy (non-hydrogen) atoms. The predicted octanol–water partition coefficient (Wildman–Crippen LogP) is 18.9. The van der Waals surface area contributed by atoms with Crippen molar-refractivity contribution in [2.24, 2.45) is 0 Å². The summed E-state index contributed by atoms with van der Waals surface area (Å²) < 4.78 is 30.6. The van der Waals surface area contributed by atoms with Crippen LogP contribution in [0.5, 0.6) is 0 Å². The molecule has 0 aromatic heterocycles. The number of quaternary nitrogens is 1. The molecular weight excluding hydrogens is 964 g/mol. The van der Waals surface area contributed by atoms with Gasteiger partial charge in [-0.3, -0.25) is 18.6 Å². The molecule has 0 spiro atoms. The van der Waals surface area contributed by atoms with Gasteiger partial charge in [0.25, 0.3) is 0 Å². The highest BCUT2D eigenvalue weighted by Crippen LogP contribution is 2.43. The molecular formula is C66H116N2O7P+. The molecule has 3 atom stereocenters. The molecule has 0 aromatic rings. The van der Waals surface area contributed by atoms with Crippen molar-refractivity contribution in [3.8, 4) is 0 Å². The van der Waals surface area contributed by atoms with E-state index in [9.17, 15) is 19.0 Å². The number of ether oxygens (including phenoxy) is 1. The average Bonchev–Trinajstić information content (AvgIpc) is 3.38. The molecule has 0 bridgehead atoms. The second kappa shape index (κ2) is 55.0. The first kappa shape index (κ1) is 72.7. The number of phosphoric ester groups is 1. The Labute approximate surface area is 468 Å². The Kier molecular flexibility index (Phi) is 52.6. The minimum Gasteiger partial charge on any atom is -0.456 e. The Balaban J connectivity index is 5.32. The minimum absolute atomic E-state index is 0.0273. The van der Waals surface area contributed by atoms with Crippen LogP contribution in [-0.4, -0.2) is 74.3 Å². The van der Waals surface area contributed by atoms with Gasteiger partial charge in [0.15, 0.2) is 0 Å². The van der Waals surface area contributed by atoms with E-state index in [0.717, 1.165) is 128 Å². The molecule has 0 saturated carbocycles. The third kappa shape index (κ3) is 55.4. The highest BCUT2D eigenvalue weighted by Gasteiger charge is 2.30. The fourth-order valence-electron chi connectivity index (χ4n) is 8.23. The van der Waals surface area contributed by atoms with Crippen molar-refractivity contribution in [3.63, 3.8) is 0 Å². The normalized spacial score (nSPS) is 14.5. The van der Waals surface area contributed by atoms with Crippen molar-refractivity contribution < 1.29 is 37.3 Å². The Morgan fingerprint density at radius 1 is 0.487 bits per heavy atom. The maximum atomic E-state index is 13.5. The standard InChI is InChI=1S/C66H115N2O7P/c1-7-10-13-16-19-22-25-28-30-31-32-33-34-35-36-37-39-40-43-46-49-52-55-58-65(69)67-63(62-74-76(71,72)73-61-60-68(4,5)6)64(57-54-51-48-45-42-27-24-21-18-15-12-9-3)75-66(70)59-56-53-50-47-44-41-38-29-26-23-20-17-14-11-8-2/h10,13,19-20,22-23,26,28-30,32-33,35-36,39-40,54,57,63-64H,7-9,11-12,14-18,21,24-25,27,31,34,37-38,41-53,55-56,58-62H2,1-6H3,(H-,67,69,71,72)/p+1/b13-10-,22-19-,23-20+,29-26+,30-28-,33-32-,36-35-,40-39-,57-54-. The van der Waals surface area contributed by atoms with Gasteiger partial charge in [0, 0.05) is 12.8 Å². The summed E-state index contributed by atoms with van der Waals surface area (Å²) in [6.07, 6.45) is 75.1. The fourth-order valence-corrected chi connectivity index (χ4v) is 8.96. The van der Waals surface area contributed by atoms with E-state index in [0.29, 0.717) is 23.9 Å². The number of amides is 1. The zero-order valence-electron chi connectivity index (χ0n) is 49.7. The molecule has 0 heterocycles. The number of phosphoric acid groups is 1. The molecule has 0 aromatic carbocycles. The number of hydrogen-bond donors (Lipinski definition) is 2. The van der Waals surface area contributed by atoms with Gasteiger partial charge in [-0.15, -0.1) is 0 Å². The van der Waals surface area contributed by atoms with Gasteiger partial charge >= 0.3 is 13.8 Å². The molecule has 0 saturated heterocycles. The molecule has 0 rings (SSSR count). The van der Waals surface area contributed by atoms with Crippen LogP contribution >= 0.6 is 7.82 Å². The Bertz CT molecular complexity index is 1670. The van der Waals surface area contributed by atoms with E-state index in [2.05, 4.69) is 123 Å². The number of carbonyl (C=O) groups is 2. The number of carbonyl (C=O) groups excluding carboxylic acids is 2. The number of likely N-dealkylation sites (N-methyl/N-ethyl adjacent to an activating group) is 1. The zero-order valence-corrected chi connectivity index (χ0v) is 50.6. The molecule has 0 radical (unpaired) electrons. The summed E-state index contributed by atoms with van der Waals surface area (Å²) in [6.45, 7) is 6.82. The first-order valence-electron chi connectivity index (χ1n) is 30.7. The number of esters is 1. The lowest BCUT2D eigenvalue weighted by Crippen LogP contribution is -2.47. The average molecular weight is 1080 g/mol. The minimum atomic E-state index is -4.46. The van der Waals surface area contributed by atoms with E-state index in [-0.39, 0.29) is 31.5 Å². The van der Waals surface area contributed by atoms with Gasteiger partial charge in [0.1, 0.15) is 19.3 Å². The van der Waals surface area contributed by atoms with Gasteiger partial charge in [-0.2, -0.15) is 0 Å². The second-order valence-electron chi connectivity index (χ2n) is 21.5. The maximum absolute atomic E-state index is 13.5. The van der Waals surface area contributed by atoms with Crippen molar-refractivity contribution in [1.82, 2.24) is 5.32 Å². The first-order chi connectivity index (χ1) is 36.9. The van der Waals surface area contributed by atoms with Crippen molar-refractivity contribution in [1.29, 1.82) is 0 Å². The largest absolute Gasteiger partial charge is 0.472 e. The molecule has 0 aliphatic heterocycles. The summed E-state index contributed by atoms with van der Waals surface area (Å²) in [4.78, 5) is 37.7. The lowest BCUT2D eigenvalue weighted by Gasteiger charge is -2.27. The molecule has 3 unspecified atom stereocenters. The van der Waals surface area contributed by atoms with Gasteiger partial charge in [-0.1, -0.05) is 233 Å². The van der Waals surface area contributed by atoms with Crippen LogP contribution in [0.15, 0.2) is 109 Å². The molecule has 10 heteroatoms. The molecule has 0 fully saturated rings. The van der Waals surface area contributed by atoms with Crippen LogP contribution < -0.4 is 5.32 Å². The summed E-state index contributed by atoms with van der Waals surface area (Å²) in [7, 11) is 1.46. The molecule has 0 aliphatic carbocycles. The third-order valence-corrected chi connectivity index (χ3v) is 14.0. The lowest BCUT2D eigenvalue weighted by molar-refractivity contribution is -0.870. The summed E-state index contributed by atoms with van der Waals surface area (Å²) >= 11 is 0. The van der Waals surface area contributed by atoms with E-state index >= 15 is 0 Å². The Morgan fingerprint density at radius 3 is 1.37 bits per heavy atom. The molecule has 436 valence electrons. The van der Waals surface area contributed by atoms with Crippen molar-refractivity contribution in [2.75, 3.05) is 40.9 Å². The van der Waals surface area contributed by atoms with Gasteiger partial charge in [0.2, 0.25) is 5.91 Å². The van der Waals surface area contributed by atoms with Gasteiger partial charge in [-0.05, 0) is 109 Å². The number of hydrogen-bond acceptors (Lipinski definition) is 6. The Hall–Kier alpha value is -3.33. The first-order valence-corrected chi connectivity index (χ1v) is 32.2. The molecule has 2 N–H and O–H groups in total. The van der Waals surface area contributed by atoms with Gasteiger partial charge < -0.3 is 19.4 Å². The van der Waals surface area contributed by atoms with Crippen LogP contribution in [0, 0.1) is 0 Å². The van der Waals surface area contributed by atoms with Crippen LogP contribution in [0.3, 0.4) is 0 Å². The maximum Gasteiger partial charge on any atom is 0.472 e. The number of nitrogens with one attached hydrogen (secondary N) is 1. The zero-order chi connectivity index (χ0) is 55.7. The number of rotatable bonds is 54. The topological polar surface area (TPSA) is 111 Å². The van der Waals surface area contributed by atoms with E-state index in [1.165, 1.54) is 77.0 Å². The Morgan fingerprint density at radius 2 is 0.882 bits per heavy atom. The highest BCUT2D eigenvalue weighted by atomic mass is 31.2. The van der Waals surface area contributed by atoms with Crippen molar-refractivity contribution in [3.05, 3.63) is 109 Å². The molecule has 0 aliphatic rings. The van der Waals surface area contributed by atoms with Crippen molar-refractivity contribution in [2.45, 2.75) is 258 Å². The number of nitrogens with zero attached hydrogens (tertiary/aromatic N) is 1. The SMILES string of the molecule is CC/C=C\C/C=C\C/C=C\C/C=C\C/C=C\C/C=C\CCCCCCC(=O)NC(COP(=O)(O)OCC[N+](C)(C)C)C(/C=C\CCCCCCCCCCCC)OC(=O)CCCCCCCC/C=C/C=C/CCCCC. The van der Waals surface area contributed by atoms with Crippen LogP contribution in [-0.2, 0) is 27.9 Å². The van der Waals surface area contributed by atoms with E-state index in [1.54, 1.807) is 0 Å². The van der Waals surface area contributed by atoms with Crippen LogP contribution in [0.25, 0.3) is 0 Å². The highest BCUT2D eigenvalue weighted by molar-refractivity contribution is 7.47. The van der Waals surface area contributed by atoms with Crippen LogP contribution in [0.2, 0.25) is 0 Å². The van der Waals surface area contributed by atoms with Crippen LogP contribution in [0.1, 0.15) is 245 Å². The summed E-state index contributed by atoms with van der Waals surface area (Å²) in [5, 5.41) is 3.04. The third-order valence-electron chi connectivity index (χ3n) is 13.0. The lowest BCUT2D eigenvalue weighted by atomic mass is 10.0. The van der Waals surface area contributed by atoms with Crippen molar-refractivity contribution >= 4 is 19.7 Å². The number of unbranched alkanes of at least 4 members (excludes halogenated alkanes) is 23. The summed E-state index contributed by atoms with van der Waals surface area (Å²) in [5.74, 6) is -0.554. The van der Waals surface area contributed by atoms with E-state index < -0.39 is 20.0 Å². The number of allylic oxidation sites excluding steroid dienone is 17. The molecule has 1 amide bonds. The predicted molar refractivity (Wildman–Crippen MR) is 327 cm³/mol. The second-order valence-corrected chi connectivity index (χ2v) is 23.0.